The maximum absolute atomic E-state index is 9.88. The van der Waals surface area contributed by atoms with Crippen molar-refractivity contribution >= 4 is 0 Å². The van der Waals surface area contributed by atoms with Gasteiger partial charge in [0.1, 0.15) is 24.4 Å². The number of aliphatic hydroxyl groups excluding tert-OH is 4. The lowest BCUT2D eigenvalue weighted by atomic mass is 9.96. The molecular formula is C12H23NO6. The zero-order chi connectivity index (χ0) is 14.6. The van der Waals surface area contributed by atoms with Gasteiger partial charge in [0, 0.05) is 0 Å². The van der Waals surface area contributed by atoms with Gasteiger partial charge in [-0.2, -0.15) is 0 Å². The lowest BCUT2D eigenvalue weighted by Gasteiger charge is -2.29. The molecule has 1 saturated heterocycles. The second kappa shape index (κ2) is 7.30. The lowest BCUT2D eigenvalue weighted by molar-refractivity contribution is -0.0831. The molecule has 1 aliphatic rings. The Kier molecular flexibility index (Phi) is 6.34. The minimum absolute atomic E-state index is 0.109. The first kappa shape index (κ1) is 16.5. The van der Waals surface area contributed by atoms with Crippen molar-refractivity contribution in [3.05, 3.63) is 12.7 Å². The van der Waals surface area contributed by atoms with Crippen LogP contribution in [0.3, 0.4) is 0 Å². The summed E-state index contributed by atoms with van der Waals surface area (Å²) in [6, 6.07) is -1.03. The Morgan fingerprint density at radius 2 is 2.00 bits per heavy atom. The van der Waals surface area contributed by atoms with E-state index in [4.69, 9.17) is 15.2 Å². The molecule has 1 heterocycles. The first-order chi connectivity index (χ1) is 8.90. The van der Waals surface area contributed by atoms with E-state index >= 15 is 0 Å². The average Bonchev–Trinajstić information content (AvgIpc) is 2.65. The summed E-state index contributed by atoms with van der Waals surface area (Å²) in [7, 11) is 0. The van der Waals surface area contributed by atoms with Crippen LogP contribution in [0, 0.1) is 0 Å². The molecule has 0 aliphatic carbocycles. The van der Waals surface area contributed by atoms with Crippen LogP contribution in [0.1, 0.15) is 6.92 Å². The van der Waals surface area contributed by atoms with Crippen LogP contribution in [-0.2, 0) is 9.47 Å². The molecular weight excluding hydrogens is 254 g/mol. The maximum atomic E-state index is 9.88. The van der Waals surface area contributed by atoms with E-state index in [2.05, 4.69) is 6.58 Å². The molecule has 1 rings (SSSR count). The summed E-state index contributed by atoms with van der Waals surface area (Å²) in [5.41, 5.74) is 5.76. The summed E-state index contributed by atoms with van der Waals surface area (Å²) in [6.45, 7) is 5.18. The van der Waals surface area contributed by atoms with Gasteiger partial charge in [0.2, 0.25) is 0 Å². The summed E-state index contributed by atoms with van der Waals surface area (Å²) < 4.78 is 10.3. The quantitative estimate of drug-likeness (QED) is 0.263. The fraction of sp³-hybridized carbons (Fsp3) is 0.833. The zero-order valence-corrected chi connectivity index (χ0v) is 10.9. The van der Waals surface area contributed by atoms with E-state index < -0.39 is 42.7 Å². The molecule has 0 radical (unpaired) electrons. The summed E-state index contributed by atoms with van der Waals surface area (Å²) in [5.74, 6) is 0. The molecule has 6 N–H and O–H groups in total. The smallest absolute Gasteiger partial charge is 0.110 e. The largest absolute Gasteiger partial charge is 0.389 e. The normalized spacial score (nSPS) is 35.9. The molecule has 0 aromatic heterocycles. The van der Waals surface area contributed by atoms with Gasteiger partial charge in [0.25, 0.3) is 0 Å². The van der Waals surface area contributed by atoms with Gasteiger partial charge < -0.3 is 35.6 Å². The van der Waals surface area contributed by atoms with E-state index in [1.54, 1.807) is 6.92 Å². The Bertz CT molecular complexity index is 289. The van der Waals surface area contributed by atoms with Crippen molar-refractivity contribution in [2.75, 3.05) is 13.2 Å². The number of rotatable bonds is 7. The van der Waals surface area contributed by atoms with Gasteiger partial charge in [-0.1, -0.05) is 6.08 Å². The van der Waals surface area contributed by atoms with Crippen molar-refractivity contribution in [2.45, 2.75) is 49.6 Å². The van der Waals surface area contributed by atoms with Crippen LogP contribution >= 0.6 is 0 Å². The molecule has 2 unspecified atom stereocenters. The van der Waals surface area contributed by atoms with Gasteiger partial charge in [0.05, 0.1) is 31.5 Å². The van der Waals surface area contributed by atoms with Crippen molar-refractivity contribution in [3.63, 3.8) is 0 Å². The standard InChI is InChI=1S/C12H23NO6/c1-3-4-18-5-7(14)10(16)8(13)12-11(17)9(15)6(2)19-12/h3,6-12,14-17H,1,4-5,13H2,2H3/t6-,7?,8+,9?,10-,11+,12+/m0/s1. The predicted molar refractivity (Wildman–Crippen MR) is 67.4 cm³/mol. The van der Waals surface area contributed by atoms with Crippen LogP contribution < -0.4 is 5.73 Å². The van der Waals surface area contributed by atoms with E-state index in [-0.39, 0.29) is 13.2 Å². The molecule has 1 fully saturated rings. The molecule has 112 valence electrons. The number of aliphatic hydroxyl groups is 4. The fourth-order valence-electron chi connectivity index (χ4n) is 2.02. The molecule has 7 nitrogen and oxygen atoms in total. The van der Waals surface area contributed by atoms with Crippen LogP contribution in [-0.4, -0.2) is 76.3 Å². The summed E-state index contributed by atoms with van der Waals surface area (Å²) in [4.78, 5) is 0. The Morgan fingerprint density at radius 1 is 1.37 bits per heavy atom. The maximum Gasteiger partial charge on any atom is 0.110 e. The van der Waals surface area contributed by atoms with E-state index in [1.807, 2.05) is 0 Å². The van der Waals surface area contributed by atoms with E-state index in [0.717, 1.165) is 0 Å². The van der Waals surface area contributed by atoms with Gasteiger partial charge in [-0.3, -0.25) is 0 Å². The second-order valence-corrected chi connectivity index (χ2v) is 4.75. The second-order valence-electron chi connectivity index (χ2n) is 4.75. The van der Waals surface area contributed by atoms with Crippen LogP contribution in [0.2, 0.25) is 0 Å². The van der Waals surface area contributed by atoms with Gasteiger partial charge in [-0.05, 0) is 6.92 Å². The van der Waals surface area contributed by atoms with E-state index in [0.29, 0.717) is 0 Å². The van der Waals surface area contributed by atoms with Crippen LogP contribution in [0.25, 0.3) is 0 Å². The van der Waals surface area contributed by atoms with E-state index in [1.165, 1.54) is 6.08 Å². The summed E-state index contributed by atoms with van der Waals surface area (Å²) >= 11 is 0. The lowest BCUT2D eigenvalue weighted by Crippen LogP contribution is -2.55. The zero-order valence-electron chi connectivity index (χ0n) is 10.9. The predicted octanol–water partition coefficient (Wildman–Crippen LogP) is -2.25. The third-order valence-electron chi connectivity index (χ3n) is 3.23. The Labute approximate surface area is 112 Å². The monoisotopic (exact) mass is 277 g/mol. The third kappa shape index (κ3) is 3.96. The van der Waals surface area contributed by atoms with Gasteiger partial charge >= 0.3 is 0 Å². The van der Waals surface area contributed by atoms with Crippen LogP contribution in [0.15, 0.2) is 12.7 Å². The minimum atomic E-state index is -1.33. The van der Waals surface area contributed by atoms with Gasteiger partial charge in [-0.15, -0.1) is 6.58 Å². The molecule has 0 amide bonds. The van der Waals surface area contributed by atoms with Crippen molar-refractivity contribution in [2.24, 2.45) is 5.73 Å². The van der Waals surface area contributed by atoms with Crippen molar-refractivity contribution < 1.29 is 29.9 Å². The molecule has 1 aliphatic heterocycles. The average molecular weight is 277 g/mol. The van der Waals surface area contributed by atoms with Gasteiger partial charge in [0.15, 0.2) is 0 Å². The number of ether oxygens (including phenoxy) is 2. The summed E-state index contributed by atoms with van der Waals surface area (Å²) in [5, 5.41) is 38.9. The van der Waals surface area contributed by atoms with Crippen molar-refractivity contribution in [1.82, 2.24) is 0 Å². The molecule has 0 saturated carbocycles. The molecule has 19 heavy (non-hydrogen) atoms. The highest BCUT2D eigenvalue weighted by atomic mass is 16.5. The molecule has 0 bridgehead atoms. The molecule has 7 heteroatoms. The van der Waals surface area contributed by atoms with E-state index in [9.17, 15) is 20.4 Å². The van der Waals surface area contributed by atoms with Crippen LogP contribution in [0.5, 0.6) is 0 Å². The Hall–Kier alpha value is -0.540. The highest BCUT2D eigenvalue weighted by Gasteiger charge is 2.46. The minimum Gasteiger partial charge on any atom is -0.389 e. The molecule has 7 atom stereocenters. The Morgan fingerprint density at radius 3 is 2.47 bits per heavy atom. The number of nitrogens with two attached hydrogens (primary N) is 1. The highest BCUT2D eigenvalue weighted by molar-refractivity contribution is 4.97. The highest BCUT2D eigenvalue weighted by Crippen LogP contribution is 2.24. The fourth-order valence-corrected chi connectivity index (χ4v) is 2.02. The van der Waals surface area contributed by atoms with Gasteiger partial charge in [-0.25, -0.2) is 0 Å². The molecule has 0 spiro atoms. The first-order valence-electron chi connectivity index (χ1n) is 6.22. The number of hydrogen-bond acceptors (Lipinski definition) is 7. The SMILES string of the molecule is C=CCOCC(O)[C@H](O)[C@@H](N)[C@H]1O[C@@H](C)C(O)[C@H]1O. The topological polar surface area (TPSA) is 125 Å². The van der Waals surface area contributed by atoms with Crippen LogP contribution in [0.4, 0.5) is 0 Å². The van der Waals surface area contributed by atoms with Crippen molar-refractivity contribution in [1.29, 1.82) is 0 Å². The first-order valence-corrected chi connectivity index (χ1v) is 6.22. The number of hydrogen-bond donors (Lipinski definition) is 5. The summed E-state index contributed by atoms with van der Waals surface area (Å²) in [6.07, 6.45) is -4.79. The third-order valence-corrected chi connectivity index (χ3v) is 3.23. The molecule has 0 aromatic rings. The molecule has 0 aromatic carbocycles. The van der Waals surface area contributed by atoms with Crippen molar-refractivity contribution in [3.8, 4) is 0 Å². The Balaban J connectivity index is 2.51.